The molecule has 10 heteroatoms. The van der Waals surface area contributed by atoms with Crippen molar-refractivity contribution in [1.82, 2.24) is 20.0 Å². The summed E-state index contributed by atoms with van der Waals surface area (Å²) in [6.07, 6.45) is 3.58. The van der Waals surface area contributed by atoms with E-state index in [1.165, 1.54) is 19.3 Å². The average molecular weight is 523 g/mol. The Hall–Kier alpha value is -5.30. The van der Waals surface area contributed by atoms with E-state index in [4.69, 9.17) is 4.52 Å². The standard InChI is InChI=1S/C29H26N6O4/c1-19-23(17-32-39-19)26(36)22(15-30)27(37)34-29-31-16-24(25(33-29)14-13-20-9-5-3-6-10-20)28(38)35(2)18-21-11-7-4-8-12-21/h3-12,16-17,36H,13-14,18H2,1-2H3,(H,31,33,34,37). The van der Waals surface area contributed by atoms with Gasteiger partial charge in [-0.3, -0.25) is 14.9 Å². The molecule has 0 fully saturated rings. The first-order valence-electron chi connectivity index (χ1n) is 12.1. The number of hydrogen-bond donors (Lipinski definition) is 2. The highest BCUT2D eigenvalue weighted by atomic mass is 16.5. The van der Waals surface area contributed by atoms with Crippen LogP contribution in [0.1, 0.15) is 38.5 Å². The molecule has 0 spiro atoms. The lowest BCUT2D eigenvalue weighted by Gasteiger charge is -2.19. The van der Waals surface area contributed by atoms with Crippen molar-refractivity contribution in [3.05, 3.63) is 112 Å². The Morgan fingerprint density at radius 3 is 2.28 bits per heavy atom. The maximum atomic E-state index is 13.4. The lowest BCUT2D eigenvalue weighted by Crippen LogP contribution is -2.28. The van der Waals surface area contributed by atoms with Gasteiger partial charge in [-0.2, -0.15) is 5.26 Å². The number of aliphatic hydroxyl groups is 1. The van der Waals surface area contributed by atoms with Crippen molar-refractivity contribution >= 4 is 23.5 Å². The van der Waals surface area contributed by atoms with Crippen molar-refractivity contribution in [2.24, 2.45) is 0 Å². The summed E-state index contributed by atoms with van der Waals surface area (Å²) in [5.41, 5.74) is 2.34. The van der Waals surface area contributed by atoms with Gasteiger partial charge < -0.3 is 14.5 Å². The molecule has 0 saturated carbocycles. The Bertz CT molecular complexity index is 1540. The minimum absolute atomic E-state index is 0.104. The minimum Gasteiger partial charge on any atom is -0.506 e. The van der Waals surface area contributed by atoms with Crippen molar-refractivity contribution in [2.75, 3.05) is 12.4 Å². The van der Waals surface area contributed by atoms with E-state index in [1.54, 1.807) is 18.0 Å². The van der Waals surface area contributed by atoms with E-state index in [0.29, 0.717) is 30.6 Å². The molecular weight excluding hydrogens is 496 g/mol. The minimum atomic E-state index is -0.912. The Morgan fingerprint density at radius 2 is 1.67 bits per heavy atom. The molecule has 10 nitrogen and oxygen atoms in total. The molecule has 0 saturated heterocycles. The van der Waals surface area contributed by atoms with E-state index in [9.17, 15) is 20.0 Å². The number of amides is 2. The number of hydrogen-bond acceptors (Lipinski definition) is 8. The summed E-state index contributed by atoms with van der Waals surface area (Å²) in [4.78, 5) is 36.4. The molecule has 39 heavy (non-hydrogen) atoms. The third-order valence-corrected chi connectivity index (χ3v) is 6.01. The summed E-state index contributed by atoms with van der Waals surface area (Å²) in [6, 6.07) is 21.0. The number of aryl methyl sites for hydroxylation is 3. The van der Waals surface area contributed by atoms with Gasteiger partial charge >= 0.3 is 0 Å². The number of aromatic nitrogens is 3. The van der Waals surface area contributed by atoms with Crippen LogP contribution in [-0.4, -0.2) is 44.0 Å². The highest BCUT2D eigenvalue weighted by Gasteiger charge is 2.23. The Labute approximate surface area is 225 Å². The maximum Gasteiger partial charge on any atom is 0.272 e. The number of carbonyl (C=O) groups is 2. The van der Waals surface area contributed by atoms with Crippen molar-refractivity contribution in [3.8, 4) is 6.07 Å². The Kier molecular flexibility index (Phi) is 8.43. The monoisotopic (exact) mass is 522 g/mol. The number of rotatable bonds is 9. The smallest absolute Gasteiger partial charge is 0.272 e. The van der Waals surface area contributed by atoms with E-state index in [1.807, 2.05) is 60.7 Å². The van der Waals surface area contributed by atoms with Crippen molar-refractivity contribution in [3.63, 3.8) is 0 Å². The normalized spacial score (nSPS) is 11.3. The molecule has 196 valence electrons. The van der Waals surface area contributed by atoms with E-state index >= 15 is 0 Å². The van der Waals surface area contributed by atoms with Crippen LogP contribution in [0.2, 0.25) is 0 Å². The molecule has 2 aromatic heterocycles. The summed E-state index contributed by atoms with van der Waals surface area (Å²) in [5, 5.41) is 26.0. The number of aliphatic hydroxyl groups excluding tert-OH is 1. The number of nitrogens with one attached hydrogen (secondary N) is 1. The third kappa shape index (κ3) is 6.53. The zero-order valence-electron chi connectivity index (χ0n) is 21.5. The van der Waals surface area contributed by atoms with Crippen LogP contribution in [0.5, 0.6) is 0 Å². The van der Waals surface area contributed by atoms with Gasteiger partial charge in [-0.25, -0.2) is 9.97 Å². The van der Waals surface area contributed by atoms with Gasteiger partial charge in [-0.15, -0.1) is 0 Å². The van der Waals surface area contributed by atoms with Crippen molar-refractivity contribution < 1.29 is 19.2 Å². The zero-order chi connectivity index (χ0) is 27.8. The quantitative estimate of drug-likeness (QED) is 0.188. The summed E-state index contributed by atoms with van der Waals surface area (Å²) >= 11 is 0. The fraction of sp³-hybridized carbons (Fsp3) is 0.172. The molecule has 0 aliphatic heterocycles. The van der Waals surface area contributed by atoms with Crippen LogP contribution in [-0.2, 0) is 24.2 Å². The van der Waals surface area contributed by atoms with E-state index in [2.05, 4.69) is 20.4 Å². The van der Waals surface area contributed by atoms with Crippen LogP contribution in [0.15, 0.2) is 83.2 Å². The van der Waals surface area contributed by atoms with Gasteiger partial charge in [0.05, 0.1) is 23.0 Å². The van der Waals surface area contributed by atoms with Gasteiger partial charge in [0, 0.05) is 19.8 Å². The molecule has 4 rings (SSSR count). The zero-order valence-corrected chi connectivity index (χ0v) is 21.5. The summed E-state index contributed by atoms with van der Waals surface area (Å²) in [6.45, 7) is 1.94. The molecule has 2 amide bonds. The second-order valence-electron chi connectivity index (χ2n) is 8.77. The molecule has 2 N–H and O–H groups in total. The Morgan fingerprint density at radius 1 is 1.00 bits per heavy atom. The summed E-state index contributed by atoms with van der Waals surface area (Å²) in [5.74, 6) is -1.61. The second kappa shape index (κ2) is 12.3. The van der Waals surface area contributed by atoms with Crippen molar-refractivity contribution in [1.29, 1.82) is 5.26 Å². The average Bonchev–Trinajstić information content (AvgIpc) is 3.38. The van der Waals surface area contributed by atoms with E-state index < -0.39 is 17.2 Å². The van der Waals surface area contributed by atoms with Crippen molar-refractivity contribution in [2.45, 2.75) is 26.3 Å². The lowest BCUT2D eigenvalue weighted by molar-refractivity contribution is -0.112. The van der Waals surface area contributed by atoms with Crippen LogP contribution in [0.4, 0.5) is 5.95 Å². The van der Waals surface area contributed by atoms with Crippen LogP contribution >= 0.6 is 0 Å². The molecule has 0 aliphatic carbocycles. The summed E-state index contributed by atoms with van der Waals surface area (Å²) < 4.78 is 4.90. The molecular formula is C29H26N6O4. The molecule has 2 aromatic carbocycles. The fourth-order valence-electron chi connectivity index (χ4n) is 3.92. The van der Waals surface area contributed by atoms with Crippen LogP contribution in [0.25, 0.3) is 5.76 Å². The van der Waals surface area contributed by atoms with Gasteiger partial charge in [-0.05, 0) is 30.9 Å². The summed E-state index contributed by atoms with van der Waals surface area (Å²) in [7, 11) is 1.70. The first-order valence-corrected chi connectivity index (χ1v) is 12.1. The van der Waals surface area contributed by atoms with Crippen LogP contribution in [0.3, 0.4) is 0 Å². The van der Waals surface area contributed by atoms with E-state index in [0.717, 1.165) is 11.1 Å². The van der Waals surface area contributed by atoms with E-state index in [-0.39, 0.29) is 23.2 Å². The first kappa shape index (κ1) is 26.8. The SMILES string of the molecule is Cc1oncc1C(O)=C(C#N)C(=O)Nc1ncc(C(=O)N(C)Cc2ccccc2)c(CCc2ccccc2)n1. The predicted octanol–water partition coefficient (Wildman–Crippen LogP) is 4.26. The lowest BCUT2D eigenvalue weighted by atomic mass is 10.0. The second-order valence-corrected chi connectivity index (χ2v) is 8.77. The van der Waals surface area contributed by atoms with Gasteiger partial charge in [0.2, 0.25) is 5.95 Å². The van der Waals surface area contributed by atoms with Gasteiger partial charge in [0.25, 0.3) is 11.8 Å². The van der Waals surface area contributed by atoms with Crippen LogP contribution in [0, 0.1) is 18.3 Å². The number of nitriles is 1. The van der Waals surface area contributed by atoms with Gasteiger partial charge in [0.15, 0.2) is 11.3 Å². The van der Waals surface area contributed by atoms with Gasteiger partial charge in [0.1, 0.15) is 11.8 Å². The molecule has 4 aromatic rings. The molecule has 0 aliphatic rings. The number of carbonyl (C=O) groups excluding carboxylic acids is 2. The first-order chi connectivity index (χ1) is 18.9. The largest absolute Gasteiger partial charge is 0.506 e. The third-order valence-electron chi connectivity index (χ3n) is 6.01. The molecule has 0 atom stereocenters. The molecule has 2 heterocycles. The fourth-order valence-corrected chi connectivity index (χ4v) is 3.92. The molecule has 0 radical (unpaired) electrons. The number of nitrogens with zero attached hydrogens (tertiary/aromatic N) is 5. The number of benzene rings is 2. The molecule has 0 unspecified atom stereocenters. The number of anilines is 1. The molecule has 0 bridgehead atoms. The highest BCUT2D eigenvalue weighted by Crippen LogP contribution is 2.21. The van der Waals surface area contributed by atoms with Gasteiger partial charge in [-0.1, -0.05) is 65.8 Å². The Balaban J connectivity index is 1.61. The maximum absolute atomic E-state index is 13.4. The topological polar surface area (TPSA) is 145 Å². The predicted molar refractivity (Wildman–Crippen MR) is 143 cm³/mol. The van der Waals surface area contributed by atoms with Crippen LogP contribution < -0.4 is 5.32 Å². The highest BCUT2D eigenvalue weighted by molar-refractivity contribution is 6.10.